The third-order valence-electron chi connectivity index (χ3n) is 2.50. The van der Waals surface area contributed by atoms with Crippen LogP contribution in [0.4, 0.5) is 0 Å². The minimum Gasteiger partial charge on any atom is -0.345 e. The van der Waals surface area contributed by atoms with Crippen LogP contribution in [0.1, 0.15) is 0 Å². The fourth-order valence-electron chi connectivity index (χ4n) is 1.90. The molecule has 3 rings (SSSR count). The summed E-state index contributed by atoms with van der Waals surface area (Å²) in [5, 5.41) is 0. The van der Waals surface area contributed by atoms with Crippen LogP contribution in [0.3, 0.4) is 0 Å². The van der Waals surface area contributed by atoms with Gasteiger partial charge in [-0.05, 0) is 24.3 Å². The SMILES string of the molecule is c1cc2n(c1)CCn1cccc1-2. The Labute approximate surface area is 71.1 Å². The van der Waals surface area contributed by atoms with Crippen LogP contribution in [-0.2, 0) is 13.1 Å². The van der Waals surface area contributed by atoms with Crippen molar-refractivity contribution < 1.29 is 0 Å². The molecule has 0 amide bonds. The number of aryl methyl sites for hydroxylation is 2. The van der Waals surface area contributed by atoms with Gasteiger partial charge in [-0.15, -0.1) is 0 Å². The molecule has 2 aromatic rings. The van der Waals surface area contributed by atoms with Crippen LogP contribution in [0.25, 0.3) is 11.4 Å². The minimum absolute atomic E-state index is 1.10. The van der Waals surface area contributed by atoms with E-state index in [1.165, 1.54) is 11.4 Å². The van der Waals surface area contributed by atoms with Crippen molar-refractivity contribution >= 4 is 0 Å². The number of nitrogens with zero attached hydrogens (tertiary/aromatic N) is 2. The van der Waals surface area contributed by atoms with Gasteiger partial charge in [-0.2, -0.15) is 0 Å². The van der Waals surface area contributed by atoms with Crippen LogP contribution in [0.5, 0.6) is 0 Å². The first-order valence-corrected chi connectivity index (χ1v) is 4.26. The lowest BCUT2D eigenvalue weighted by Crippen LogP contribution is -2.14. The summed E-state index contributed by atoms with van der Waals surface area (Å²) < 4.78 is 4.60. The lowest BCUT2D eigenvalue weighted by atomic mass is 10.3. The molecule has 0 bridgehead atoms. The largest absolute Gasteiger partial charge is 0.345 e. The summed E-state index contributed by atoms with van der Waals surface area (Å²) in [6.07, 6.45) is 4.29. The molecular formula is C10H10N2. The van der Waals surface area contributed by atoms with Crippen LogP contribution in [-0.4, -0.2) is 9.13 Å². The van der Waals surface area contributed by atoms with Gasteiger partial charge in [0.1, 0.15) is 0 Å². The predicted molar refractivity (Wildman–Crippen MR) is 47.9 cm³/mol. The molecule has 12 heavy (non-hydrogen) atoms. The van der Waals surface area contributed by atoms with Gasteiger partial charge >= 0.3 is 0 Å². The maximum Gasteiger partial charge on any atom is 0.0648 e. The normalized spacial score (nSPS) is 14.0. The first-order valence-electron chi connectivity index (χ1n) is 4.26. The second kappa shape index (κ2) is 2.03. The Morgan fingerprint density at radius 1 is 0.833 bits per heavy atom. The molecule has 0 radical (unpaired) electrons. The van der Waals surface area contributed by atoms with E-state index >= 15 is 0 Å². The maximum atomic E-state index is 2.30. The van der Waals surface area contributed by atoms with Crippen LogP contribution in [0.15, 0.2) is 36.7 Å². The van der Waals surface area contributed by atoms with Gasteiger partial charge in [-0.3, -0.25) is 0 Å². The first kappa shape index (κ1) is 6.12. The van der Waals surface area contributed by atoms with Crippen LogP contribution >= 0.6 is 0 Å². The van der Waals surface area contributed by atoms with Crippen molar-refractivity contribution in [3.05, 3.63) is 36.7 Å². The molecule has 0 N–H and O–H groups in total. The molecule has 2 nitrogen and oxygen atoms in total. The molecule has 0 atom stereocenters. The Hall–Kier alpha value is -1.44. The summed E-state index contributed by atoms with van der Waals surface area (Å²) in [6.45, 7) is 2.20. The Balaban J connectivity index is 2.32. The van der Waals surface area contributed by atoms with Gasteiger partial charge in [-0.1, -0.05) is 0 Å². The van der Waals surface area contributed by atoms with E-state index in [0.29, 0.717) is 0 Å². The Bertz CT molecular complexity index is 369. The van der Waals surface area contributed by atoms with Gasteiger partial charge in [0.15, 0.2) is 0 Å². The molecule has 2 aromatic heterocycles. The van der Waals surface area contributed by atoms with Gasteiger partial charge in [0.2, 0.25) is 0 Å². The van der Waals surface area contributed by atoms with Crippen molar-refractivity contribution in [2.24, 2.45) is 0 Å². The van der Waals surface area contributed by atoms with Crippen molar-refractivity contribution in [1.29, 1.82) is 0 Å². The fraction of sp³-hybridized carbons (Fsp3) is 0.200. The summed E-state index contributed by atoms with van der Waals surface area (Å²) >= 11 is 0. The smallest absolute Gasteiger partial charge is 0.0648 e. The Morgan fingerprint density at radius 3 is 1.83 bits per heavy atom. The van der Waals surface area contributed by atoms with Crippen molar-refractivity contribution in [1.82, 2.24) is 9.13 Å². The van der Waals surface area contributed by atoms with Gasteiger partial charge in [0.25, 0.3) is 0 Å². The number of hydrogen-bond donors (Lipinski definition) is 0. The molecule has 0 unspecified atom stereocenters. The van der Waals surface area contributed by atoms with E-state index < -0.39 is 0 Å². The van der Waals surface area contributed by atoms with Crippen molar-refractivity contribution in [2.75, 3.05) is 0 Å². The Kier molecular flexibility index (Phi) is 1.04. The molecule has 1 aliphatic heterocycles. The number of hydrogen-bond acceptors (Lipinski definition) is 0. The zero-order valence-corrected chi connectivity index (χ0v) is 6.77. The molecule has 0 aromatic carbocycles. The highest BCUT2D eigenvalue weighted by atomic mass is 15.1. The fourth-order valence-corrected chi connectivity index (χ4v) is 1.90. The van der Waals surface area contributed by atoms with Crippen LogP contribution in [0, 0.1) is 0 Å². The van der Waals surface area contributed by atoms with E-state index in [2.05, 4.69) is 45.8 Å². The third-order valence-corrected chi connectivity index (χ3v) is 2.50. The number of rotatable bonds is 0. The second-order valence-corrected chi connectivity index (χ2v) is 3.17. The summed E-state index contributed by atoms with van der Waals surface area (Å²) in [5.74, 6) is 0. The molecule has 0 aliphatic carbocycles. The topological polar surface area (TPSA) is 9.86 Å². The van der Waals surface area contributed by atoms with E-state index in [1.807, 2.05) is 0 Å². The molecular weight excluding hydrogens is 148 g/mol. The van der Waals surface area contributed by atoms with Crippen LogP contribution < -0.4 is 0 Å². The standard InChI is InChI=1S/C10H10N2/c1-3-9-10-4-2-6-12(10)8-7-11(9)5-1/h1-6H,7-8H2. The molecule has 0 spiro atoms. The Morgan fingerprint density at radius 2 is 1.33 bits per heavy atom. The molecule has 1 aliphatic rings. The van der Waals surface area contributed by atoms with Crippen molar-refractivity contribution in [3.63, 3.8) is 0 Å². The van der Waals surface area contributed by atoms with Gasteiger partial charge < -0.3 is 9.13 Å². The summed E-state index contributed by atoms with van der Waals surface area (Å²) in [7, 11) is 0. The van der Waals surface area contributed by atoms with E-state index in [-0.39, 0.29) is 0 Å². The molecule has 0 saturated carbocycles. The zero-order chi connectivity index (χ0) is 7.97. The van der Waals surface area contributed by atoms with E-state index in [9.17, 15) is 0 Å². The molecule has 0 saturated heterocycles. The average molecular weight is 158 g/mol. The van der Waals surface area contributed by atoms with Gasteiger partial charge in [0.05, 0.1) is 11.4 Å². The highest BCUT2D eigenvalue weighted by Crippen LogP contribution is 2.24. The highest BCUT2D eigenvalue weighted by Gasteiger charge is 2.12. The molecule has 2 heteroatoms. The summed E-state index contributed by atoms with van der Waals surface area (Å²) in [6, 6.07) is 8.56. The van der Waals surface area contributed by atoms with Crippen molar-refractivity contribution in [2.45, 2.75) is 13.1 Å². The molecule has 0 fully saturated rings. The monoisotopic (exact) mass is 158 g/mol. The highest BCUT2D eigenvalue weighted by molar-refractivity contribution is 5.57. The van der Waals surface area contributed by atoms with E-state index in [4.69, 9.17) is 0 Å². The number of fused-ring (bicyclic) bond motifs is 3. The minimum atomic E-state index is 1.10. The van der Waals surface area contributed by atoms with Gasteiger partial charge in [0, 0.05) is 25.5 Å². The summed E-state index contributed by atoms with van der Waals surface area (Å²) in [5.41, 5.74) is 2.68. The average Bonchev–Trinajstić information content (AvgIpc) is 2.71. The van der Waals surface area contributed by atoms with Crippen LogP contribution in [0.2, 0.25) is 0 Å². The zero-order valence-electron chi connectivity index (χ0n) is 6.77. The predicted octanol–water partition coefficient (Wildman–Crippen LogP) is 1.97. The maximum absolute atomic E-state index is 2.30. The molecule has 60 valence electrons. The van der Waals surface area contributed by atoms with E-state index in [0.717, 1.165) is 13.1 Å². The second-order valence-electron chi connectivity index (χ2n) is 3.17. The lowest BCUT2D eigenvalue weighted by molar-refractivity contribution is 0.561. The number of aromatic nitrogens is 2. The van der Waals surface area contributed by atoms with E-state index in [1.54, 1.807) is 0 Å². The quantitative estimate of drug-likeness (QED) is 0.554. The third kappa shape index (κ3) is 0.644. The van der Waals surface area contributed by atoms with Crippen molar-refractivity contribution in [3.8, 4) is 11.4 Å². The lowest BCUT2D eigenvalue weighted by Gasteiger charge is -2.18. The molecule has 3 heterocycles. The first-order chi connectivity index (χ1) is 5.95. The van der Waals surface area contributed by atoms with Gasteiger partial charge in [-0.25, -0.2) is 0 Å². The summed E-state index contributed by atoms with van der Waals surface area (Å²) in [4.78, 5) is 0.